The first kappa shape index (κ1) is 24.7. The third kappa shape index (κ3) is 6.04. The number of hydrogen-bond acceptors (Lipinski definition) is 4. The second-order valence-corrected chi connectivity index (χ2v) is 12.9. The molecule has 0 bridgehead atoms. The third-order valence-electron chi connectivity index (χ3n) is 9.60. The summed E-state index contributed by atoms with van der Waals surface area (Å²) in [4.78, 5) is 19.8. The lowest BCUT2D eigenvalue weighted by molar-refractivity contribution is 1.06. The minimum absolute atomic E-state index is 0.00978. The summed E-state index contributed by atoms with van der Waals surface area (Å²) in [5.41, 5.74) is 7.56. The van der Waals surface area contributed by atoms with Gasteiger partial charge in [-0.25, -0.2) is 15.0 Å². The Bertz CT molecular complexity index is 3220. The van der Waals surface area contributed by atoms with Crippen LogP contribution in [0.15, 0.2) is 200 Å². The number of rotatable bonds is 7. The molecule has 0 saturated heterocycles. The molecule has 0 N–H and O–H groups in total. The van der Waals surface area contributed by atoms with Crippen molar-refractivity contribution in [3.05, 3.63) is 200 Å². The van der Waals surface area contributed by atoms with Gasteiger partial charge in [0.1, 0.15) is 5.69 Å². The van der Waals surface area contributed by atoms with Gasteiger partial charge in [0.2, 0.25) is 0 Å². The van der Waals surface area contributed by atoms with Gasteiger partial charge in [0.15, 0.2) is 17.5 Å². The van der Waals surface area contributed by atoms with Crippen molar-refractivity contribution in [2.75, 3.05) is 0 Å². The van der Waals surface area contributed by atoms with Crippen molar-refractivity contribution in [2.24, 2.45) is 0 Å². The third-order valence-corrected chi connectivity index (χ3v) is 9.60. The summed E-state index contributed by atoms with van der Waals surface area (Å²) in [6, 6.07) is 43.1. The lowest BCUT2D eigenvalue weighted by Crippen LogP contribution is -2.03. The molecule has 258 valence electrons. The first-order valence-electron chi connectivity index (χ1n) is 21.7. The molecular weight excluding hydrogens is 671 g/mol. The molecular formula is C50H33N5. The van der Waals surface area contributed by atoms with Crippen molar-refractivity contribution in [3.8, 4) is 73.4 Å². The quantitative estimate of drug-likeness (QED) is 0.165. The molecule has 0 radical (unpaired) electrons. The van der Waals surface area contributed by atoms with Crippen molar-refractivity contribution < 1.29 is 11.0 Å². The van der Waals surface area contributed by atoms with Gasteiger partial charge in [0.05, 0.1) is 27.7 Å². The zero-order chi connectivity index (χ0) is 43.5. The molecule has 0 atom stereocenters. The number of para-hydroxylation sites is 2. The largest absolute Gasteiger partial charge is 0.309 e. The van der Waals surface area contributed by atoms with E-state index >= 15 is 0 Å². The van der Waals surface area contributed by atoms with Crippen LogP contribution < -0.4 is 0 Å². The molecule has 0 saturated carbocycles. The van der Waals surface area contributed by atoms with Gasteiger partial charge in [0, 0.05) is 39.2 Å². The predicted octanol–water partition coefficient (Wildman–Crippen LogP) is 12.4. The molecule has 5 heteroatoms. The van der Waals surface area contributed by atoms with Crippen molar-refractivity contribution in [3.63, 3.8) is 0 Å². The highest BCUT2D eigenvalue weighted by atomic mass is 15.0. The van der Waals surface area contributed by atoms with Crippen LogP contribution in [-0.2, 0) is 0 Å². The van der Waals surface area contributed by atoms with E-state index in [4.69, 9.17) is 28.2 Å². The number of nitrogens with zero attached hydrogens (tertiary/aromatic N) is 5. The molecule has 0 fully saturated rings. The van der Waals surface area contributed by atoms with Crippen LogP contribution in [0, 0.1) is 0 Å². The van der Waals surface area contributed by atoms with Gasteiger partial charge in [0.25, 0.3) is 0 Å². The maximum absolute atomic E-state index is 9.21. The summed E-state index contributed by atoms with van der Waals surface area (Å²) in [7, 11) is 0. The van der Waals surface area contributed by atoms with E-state index in [0.717, 1.165) is 33.4 Å². The Hall–Kier alpha value is -7.50. The normalized spacial score (nSPS) is 13.3. The van der Waals surface area contributed by atoms with E-state index in [2.05, 4.69) is 0 Å². The Morgan fingerprint density at radius 3 is 1.47 bits per heavy atom. The average molecular weight is 712 g/mol. The first-order valence-corrected chi connectivity index (χ1v) is 17.7. The molecule has 3 aromatic heterocycles. The maximum Gasteiger partial charge on any atom is 0.182 e. The smallest absolute Gasteiger partial charge is 0.182 e. The Morgan fingerprint density at radius 2 is 0.873 bits per heavy atom. The summed E-state index contributed by atoms with van der Waals surface area (Å²) in [5.74, 6) is 0.981. The molecule has 55 heavy (non-hydrogen) atoms. The molecule has 0 spiro atoms. The van der Waals surface area contributed by atoms with Crippen LogP contribution in [0.4, 0.5) is 0 Å². The molecule has 0 unspecified atom stereocenters. The van der Waals surface area contributed by atoms with Crippen molar-refractivity contribution in [1.82, 2.24) is 24.5 Å². The average Bonchev–Trinajstić information content (AvgIpc) is 3.71. The van der Waals surface area contributed by atoms with Crippen LogP contribution in [0.1, 0.15) is 11.0 Å². The van der Waals surface area contributed by atoms with Gasteiger partial charge in [-0.15, -0.1) is 0 Å². The highest BCUT2D eigenvalue weighted by Crippen LogP contribution is 2.38. The Labute approximate surface area is 330 Å². The van der Waals surface area contributed by atoms with E-state index in [0.29, 0.717) is 34.2 Å². The highest BCUT2D eigenvalue weighted by molar-refractivity contribution is 6.09. The van der Waals surface area contributed by atoms with Crippen LogP contribution >= 0.6 is 0 Å². The van der Waals surface area contributed by atoms with Crippen molar-refractivity contribution in [2.45, 2.75) is 0 Å². The van der Waals surface area contributed by atoms with E-state index in [1.165, 1.54) is 4.57 Å². The van der Waals surface area contributed by atoms with E-state index in [-0.39, 0.29) is 27.6 Å². The predicted molar refractivity (Wildman–Crippen MR) is 225 cm³/mol. The van der Waals surface area contributed by atoms with Gasteiger partial charge in [-0.1, -0.05) is 170 Å². The van der Waals surface area contributed by atoms with Crippen LogP contribution in [-0.4, -0.2) is 24.5 Å². The van der Waals surface area contributed by atoms with Crippen LogP contribution in [0.5, 0.6) is 0 Å². The SMILES string of the molecule is [2H]c1c([2H])c([2H])c2c(c1[2H])c1c([2H])c([2H])c([2H])c([2H])c1n2-c1cc(-c2nc(-c3ccc(-c4ccccc4)cc3)nc(-c3ccc(-c4ccccc4)cn3)n2)ccc1-c1ccccc1. The minimum atomic E-state index is -0.511. The molecule has 10 rings (SSSR count). The highest BCUT2D eigenvalue weighted by Gasteiger charge is 2.19. The Balaban J connectivity index is 1.24. The van der Waals surface area contributed by atoms with Gasteiger partial charge >= 0.3 is 0 Å². The fourth-order valence-electron chi connectivity index (χ4n) is 6.90. The summed E-state index contributed by atoms with van der Waals surface area (Å²) in [6.07, 6.45) is 1.78. The molecule has 0 aliphatic heterocycles. The topological polar surface area (TPSA) is 56.5 Å². The van der Waals surface area contributed by atoms with E-state index in [1.54, 1.807) is 12.3 Å². The van der Waals surface area contributed by atoms with Crippen molar-refractivity contribution >= 4 is 21.8 Å². The lowest BCUT2D eigenvalue weighted by atomic mass is 10.0. The summed E-state index contributed by atoms with van der Waals surface area (Å²) < 4.78 is 72.5. The molecule has 3 heterocycles. The zero-order valence-electron chi connectivity index (χ0n) is 37.2. The fraction of sp³-hybridized carbons (Fsp3) is 0. The second-order valence-electron chi connectivity index (χ2n) is 12.9. The number of benzene rings is 7. The molecule has 0 amide bonds. The van der Waals surface area contributed by atoms with E-state index in [9.17, 15) is 2.74 Å². The lowest BCUT2D eigenvalue weighted by Gasteiger charge is -2.16. The van der Waals surface area contributed by atoms with Gasteiger partial charge in [-0.05, 0) is 46.5 Å². The molecule has 5 nitrogen and oxygen atoms in total. The van der Waals surface area contributed by atoms with Crippen LogP contribution in [0.25, 0.3) is 95.2 Å². The molecule has 0 aliphatic carbocycles. The minimum Gasteiger partial charge on any atom is -0.309 e. The molecule has 7 aromatic carbocycles. The van der Waals surface area contributed by atoms with Crippen LogP contribution in [0.3, 0.4) is 0 Å². The summed E-state index contributed by atoms with van der Waals surface area (Å²) >= 11 is 0. The number of hydrogen-bond donors (Lipinski definition) is 0. The standard InChI is InChI=1S/C50H33N5/c1-4-14-34(15-5-1)36-24-26-38(27-25-36)48-52-49(54-50(53-48)44-31-29-40(33-51-44)35-16-6-2-7-17-35)39-28-30-41(37-18-8-3-9-19-37)47(32-39)55-45-22-12-10-20-42(45)43-21-11-13-23-46(43)55/h1-33H/i10D,11D,12D,13D,20D,21D,22D,23D. The van der Waals surface area contributed by atoms with Crippen LogP contribution in [0.2, 0.25) is 0 Å². The molecule has 10 aromatic rings. The first-order chi connectivity index (χ1) is 30.6. The number of pyridine rings is 1. The van der Waals surface area contributed by atoms with Crippen molar-refractivity contribution in [1.29, 1.82) is 0 Å². The van der Waals surface area contributed by atoms with Gasteiger partial charge in [-0.2, -0.15) is 0 Å². The Morgan fingerprint density at radius 1 is 0.400 bits per heavy atom. The monoisotopic (exact) mass is 711 g/mol. The molecule has 0 aliphatic rings. The summed E-state index contributed by atoms with van der Waals surface area (Å²) in [6.45, 7) is 0. The van der Waals surface area contributed by atoms with Gasteiger partial charge < -0.3 is 4.57 Å². The number of aromatic nitrogens is 5. The van der Waals surface area contributed by atoms with Gasteiger partial charge in [-0.3, -0.25) is 4.98 Å². The van der Waals surface area contributed by atoms with E-state index in [1.807, 2.05) is 140 Å². The maximum atomic E-state index is 9.21. The zero-order valence-corrected chi connectivity index (χ0v) is 29.2. The second kappa shape index (κ2) is 13.8. The summed E-state index contributed by atoms with van der Waals surface area (Å²) in [5, 5.41) is -0.0257. The fourth-order valence-corrected chi connectivity index (χ4v) is 6.90. The Kier molecular flexibility index (Phi) is 6.20. The van der Waals surface area contributed by atoms with E-state index < -0.39 is 48.3 Å². The number of fused-ring (bicyclic) bond motifs is 3.